The third kappa shape index (κ3) is 23.4. The van der Waals surface area contributed by atoms with Crippen molar-refractivity contribution in [3.8, 4) is 0 Å². The van der Waals surface area contributed by atoms with E-state index in [-0.39, 0.29) is 49.3 Å². The molecule has 6 N–H and O–H groups in total. The van der Waals surface area contributed by atoms with E-state index in [1.165, 1.54) is 0 Å². The maximum Gasteiger partial charge on any atom is 0.314 e. The molecule has 0 saturated heterocycles. The number of carbonyl (C=O) groups is 8. The van der Waals surface area contributed by atoms with Gasteiger partial charge in [0.2, 0.25) is 0 Å². The van der Waals surface area contributed by atoms with Crippen LogP contribution in [0.2, 0.25) is 0 Å². The van der Waals surface area contributed by atoms with E-state index in [0.29, 0.717) is 50.2 Å². The van der Waals surface area contributed by atoms with Gasteiger partial charge < -0.3 is 41.0 Å². The van der Waals surface area contributed by atoms with Gasteiger partial charge in [0, 0.05) is 39.0 Å². The summed E-state index contributed by atoms with van der Waals surface area (Å²) in [5.74, 6) is -2.96. The summed E-state index contributed by atoms with van der Waals surface area (Å²) in [5.41, 5.74) is 4.33. The zero-order valence-electron chi connectivity index (χ0n) is 58.4. The molecule has 0 aromatic rings. The second-order valence-electron chi connectivity index (χ2n) is 30.2. The van der Waals surface area contributed by atoms with Crippen molar-refractivity contribution in [3.63, 3.8) is 0 Å². The van der Waals surface area contributed by atoms with Gasteiger partial charge >= 0.3 is 35.9 Å². The van der Waals surface area contributed by atoms with Crippen molar-refractivity contribution >= 4 is 47.5 Å². The van der Waals surface area contributed by atoms with E-state index in [1.54, 1.807) is 13.8 Å². The minimum absolute atomic E-state index is 0.0293. The Balaban J connectivity index is 0.944. The summed E-state index contributed by atoms with van der Waals surface area (Å²) < 4.78 is 12.0. The highest BCUT2D eigenvalue weighted by atomic mass is 16.6. The van der Waals surface area contributed by atoms with Crippen molar-refractivity contribution in [1.82, 2.24) is 21.3 Å². The Morgan fingerprint density at radius 3 is 0.968 bits per heavy atom. The fourth-order valence-electron chi connectivity index (χ4n) is 15.5. The lowest BCUT2D eigenvalue weighted by Crippen LogP contribution is -2.48. The number of ketones is 2. The molecule has 0 heterocycles. The molecule has 6 aliphatic carbocycles. The molecule has 0 bridgehead atoms. The molecule has 516 valence electrons. The molecule has 0 aromatic carbocycles. The molecule has 16 heteroatoms. The number of esters is 2. The molecule has 2 unspecified atom stereocenters. The number of hydrogen-bond acceptors (Lipinski definition) is 10. The molecular formula is C78H112N4O12. The molecule has 0 spiro atoms. The van der Waals surface area contributed by atoms with E-state index < -0.39 is 68.6 Å². The molecule has 16 nitrogen and oxygen atoms in total. The first kappa shape index (κ1) is 75.9. The van der Waals surface area contributed by atoms with Crippen LogP contribution in [-0.2, 0) is 38.2 Å². The number of amides is 4. The summed E-state index contributed by atoms with van der Waals surface area (Å²) in [6.45, 7) is 21.2. The van der Waals surface area contributed by atoms with Crippen LogP contribution in [0.5, 0.6) is 0 Å². The van der Waals surface area contributed by atoms with Gasteiger partial charge in [-0.05, 0) is 148 Å². The van der Waals surface area contributed by atoms with Crippen molar-refractivity contribution in [2.24, 2.45) is 32.5 Å². The molecule has 4 saturated carbocycles. The number of allylic oxidation sites excluding steroid dienone is 20. The van der Waals surface area contributed by atoms with Crippen LogP contribution in [0.1, 0.15) is 236 Å². The summed E-state index contributed by atoms with van der Waals surface area (Å²) in [7, 11) is 0. The normalized spacial score (nSPS) is 23.5. The topological polar surface area (TPSA) is 244 Å². The Bertz CT molecular complexity index is 2890. The van der Waals surface area contributed by atoms with Crippen LogP contribution < -0.4 is 21.3 Å². The quantitative estimate of drug-likeness (QED) is 0.0317. The van der Waals surface area contributed by atoms with E-state index >= 15 is 0 Å². The zero-order valence-corrected chi connectivity index (χ0v) is 58.4. The number of nitrogens with one attached hydrogen (secondary N) is 4. The van der Waals surface area contributed by atoms with E-state index in [4.69, 9.17) is 9.47 Å². The number of urea groups is 2. The van der Waals surface area contributed by atoms with Crippen LogP contribution in [0.15, 0.2) is 130 Å². The average Bonchev–Trinajstić information content (AvgIpc) is 0.788. The first-order chi connectivity index (χ1) is 44.5. The van der Waals surface area contributed by atoms with Crippen molar-refractivity contribution in [1.29, 1.82) is 0 Å². The van der Waals surface area contributed by atoms with Gasteiger partial charge in [0.15, 0.2) is 23.8 Å². The summed E-state index contributed by atoms with van der Waals surface area (Å²) in [4.78, 5) is 105. The van der Waals surface area contributed by atoms with Gasteiger partial charge in [-0.2, -0.15) is 0 Å². The van der Waals surface area contributed by atoms with Crippen molar-refractivity contribution < 1.29 is 58.0 Å². The Labute approximate surface area is 561 Å². The van der Waals surface area contributed by atoms with Gasteiger partial charge in [-0.1, -0.05) is 212 Å². The largest absolute Gasteiger partial charge is 0.481 e. The van der Waals surface area contributed by atoms with Gasteiger partial charge in [0.25, 0.3) is 0 Å². The van der Waals surface area contributed by atoms with Gasteiger partial charge in [-0.3, -0.25) is 28.8 Å². The summed E-state index contributed by atoms with van der Waals surface area (Å²) >= 11 is 0. The fraction of sp³-hybridized carbons (Fsp3) is 0.615. The summed E-state index contributed by atoms with van der Waals surface area (Å²) in [6, 6.07) is -0.715. The fourth-order valence-corrected chi connectivity index (χ4v) is 15.5. The predicted octanol–water partition coefficient (Wildman–Crippen LogP) is 16.1. The Morgan fingerprint density at radius 1 is 0.415 bits per heavy atom. The molecule has 6 rings (SSSR count). The van der Waals surface area contributed by atoms with Crippen molar-refractivity contribution in [2.75, 3.05) is 26.2 Å². The summed E-state index contributed by atoms with van der Waals surface area (Å²) in [6.07, 6.45) is 45.2. The van der Waals surface area contributed by atoms with Gasteiger partial charge in [0.05, 0.1) is 25.7 Å². The van der Waals surface area contributed by atoms with Crippen LogP contribution in [0.4, 0.5) is 9.59 Å². The molecule has 6 aliphatic rings. The first-order valence-corrected chi connectivity index (χ1v) is 34.9. The molecule has 0 aromatic heterocycles. The molecular weight excluding hydrogens is 1180 g/mol. The standard InChI is InChI=1S/C78H112N4O12/c1-55(29-25-31-57(3)33-35-61-59(5)69(89)63(45-73(61,7)8)93-67(87)49-77(41-21-13-22-42-77)53-81-71(91)79-51-75(47-65(83)84)37-17-11-18-38-75)27-15-16-28-56(2)30-26-32-58(4)34-36-62-60(6)70(90)64(46-74(62,9)10)94-68(88)50-78(43-23-14-24-44-78)54-82-72(92)80-52-76(48-66(85)86)39-19-12-20-40-76/h15-16,25-36,63-64H,11-14,17-24,37-54H2,1-10H3,(H,83,84)(H,85,86)(H2,79,81,91)(H2,80,82,92)/b16-15+,29-25+,30-26+,35-33+,36-34+,55-27+,56-28+,57-31+,58-32+. The number of hydrogen-bond donors (Lipinski definition) is 6. The number of ether oxygens (including phenoxy) is 2. The highest BCUT2D eigenvalue weighted by Gasteiger charge is 2.45. The SMILES string of the molecule is CC1=C(/C=C/C(C)=C/C=C/C(C)=C/C=C/C=C(C)/C=C/C=C(C)/C=C/C2=C(C)C(=O)C(OC(=O)CC3(CNC(=O)NCC4(CC(=O)O)CCCCC4)CCCCC3)CC2(C)C)C(C)(C)CC(OC(=O)CC2(CNC(=O)NCC3(CC(=O)O)CCCCC3)CCCCC2)C1=O. The molecule has 2 atom stereocenters. The van der Waals surface area contributed by atoms with E-state index in [9.17, 15) is 48.6 Å². The van der Waals surface area contributed by atoms with Crippen LogP contribution in [0.25, 0.3) is 0 Å². The van der Waals surface area contributed by atoms with Gasteiger partial charge in [-0.25, -0.2) is 9.59 Å². The minimum Gasteiger partial charge on any atom is -0.481 e. The smallest absolute Gasteiger partial charge is 0.314 e. The van der Waals surface area contributed by atoms with Crippen molar-refractivity contribution in [2.45, 2.75) is 248 Å². The van der Waals surface area contributed by atoms with E-state index in [1.807, 2.05) is 113 Å². The Morgan fingerprint density at radius 2 is 0.681 bits per heavy atom. The number of carboxylic acid groups (broad SMARTS) is 2. The van der Waals surface area contributed by atoms with Crippen LogP contribution >= 0.6 is 0 Å². The first-order valence-electron chi connectivity index (χ1n) is 34.9. The highest BCUT2D eigenvalue weighted by Crippen LogP contribution is 2.46. The monoisotopic (exact) mass is 1300 g/mol. The van der Waals surface area contributed by atoms with Crippen LogP contribution in [0.3, 0.4) is 0 Å². The maximum absolute atomic E-state index is 13.8. The molecule has 0 radical (unpaired) electrons. The van der Waals surface area contributed by atoms with Crippen molar-refractivity contribution in [3.05, 3.63) is 130 Å². The second-order valence-corrected chi connectivity index (χ2v) is 30.2. The Kier molecular flexibility index (Phi) is 28.3. The zero-order chi connectivity index (χ0) is 68.7. The minimum atomic E-state index is -0.898. The lowest BCUT2D eigenvalue weighted by molar-refractivity contribution is -0.159. The lowest BCUT2D eigenvalue weighted by Gasteiger charge is -2.39. The Hall–Kier alpha value is -7.10. The predicted molar refractivity (Wildman–Crippen MR) is 371 cm³/mol. The molecule has 4 fully saturated rings. The molecule has 94 heavy (non-hydrogen) atoms. The third-order valence-electron chi connectivity index (χ3n) is 21.1. The van der Waals surface area contributed by atoms with E-state index in [0.717, 1.165) is 162 Å². The van der Waals surface area contributed by atoms with Crippen LogP contribution in [0, 0.1) is 32.5 Å². The van der Waals surface area contributed by atoms with E-state index in [2.05, 4.69) is 49.0 Å². The molecule has 0 aliphatic heterocycles. The number of Topliss-reactive ketones (excluding diaryl/α,β-unsaturated/α-hetero) is 2. The van der Waals surface area contributed by atoms with Gasteiger partial charge in [0.1, 0.15) is 0 Å². The van der Waals surface area contributed by atoms with Crippen LogP contribution in [-0.4, -0.2) is 96.1 Å². The summed E-state index contributed by atoms with van der Waals surface area (Å²) in [5, 5.41) is 31.1. The second kappa shape index (κ2) is 35.1. The number of rotatable bonds is 28. The third-order valence-corrected chi connectivity index (χ3v) is 21.1. The lowest BCUT2D eigenvalue weighted by atomic mass is 9.70. The number of carboxylic acids is 2. The molecule has 4 amide bonds. The number of carbonyl (C=O) groups excluding carboxylic acids is 6. The number of aliphatic carboxylic acids is 2. The maximum atomic E-state index is 13.8. The average molecular weight is 1300 g/mol. The highest BCUT2D eigenvalue weighted by molar-refractivity contribution is 6.02. The van der Waals surface area contributed by atoms with Gasteiger partial charge in [-0.15, -0.1) is 0 Å².